The number of aromatic nitrogens is 4. The van der Waals surface area contributed by atoms with Gasteiger partial charge in [-0.25, -0.2) is 15.0 Å². The van der Waals surface area contributed by atoms with Crippen LogP contribution in [0.1, 0.15) is 35.1 Å². The van der Waals surface area contributed by atoms with Crippen LogP contribution < -0.4 is 5.73 Å². The number of halogens is 1. The minimum Gasteiger partial charge on any atom is -0.368 e. The maximum Gasteiger partial charge on any atom is 0.289 e. The van der Waals surface area contributed by atoms with Gasteiger partial charge in [0.1, 0.15) is 0 Å². The summed E-state index contributed by atoms with van der Waals surface area (Å²) >= 11 is 6.03. The van der Waals surface area contributed by atoms with Crippen molar-refractivity contribution in [3.05, 3.63) is 59.4 Å². The van der Waals surface area contributed by atoms with E-state index in [1.165, 1.54) is 0 Å². The Morgan fingerprint density at radius 1 is 1.25 bits per heavy atom. The topological polar surface area (TPSA) is 89.9 Å². The summed E-state index contributed by atoms with van der Waals surface area (Å²) in [5.41, 5.74) is 8.66. The summed E-state index contributed by atoms with van der Waals surface area (Å²) in [5, 5.41) is 0.672. The third-order valence-electron chi connectivity index (χ3n) is 5.10. The second-order valence-corrected chi connectivity index (χ2v) is 7.42. The number of aryl methyl sites for hydroxylation is 1. The van der Waals surface area contributed by atoms with E-state index in [0.717, 1.165) is 29.7 Å². The Morgan fingerprint density at radius 3 is 2.75 bits per heavy atom. The average Bonchev–Trinajstić information content (AvgIpc) is 3.14. The van der Waals surface area contributed by atoms with Gasteiger partial charge in [-0.15, -0.1) is 0 Å². The van der Waals surface area contributed by atoms with Gasteiger partial charge in [0.15, 0.2) is 5.82 Å². The van der Waals surface area contributed by atoms with E-state index in [2.05, 4.69) is 15.0 Å². The summed E-state index contributed by atoms with van der Waals surface area (Å²) in [5.74, 6) is 0.697. The molecule has 144 valence electrons. The number of nitrogens with two attached hydrogens (primary N) is 1. The van der Waals surface area contributed by atoms with Crippen LogP contribution in [0.3, 0.4) is 0 Å². The van der Waals surface area contributed by atoms with Crippen molar-refractivity contribution in [2.45, 2.75) is 18.8 Å². The lowest BCUT2D eigenvalue weighted by Crippen LogP contribution is -2.40. The monoisotopic (exact) mass is 396 g/mol. The van der Waals surface area contributed by atoms with Gasteiger partial charge in [-0.05, 0) is 30.5 Å². The quantitative estimate of drug-likeness (QED) is 0.734. The SMILES string of the molecule is Cn1ccnc1C(=O)N1CCC[C@@H](c2nc(N)ncc2-c2ccc(Cl)cc2)C1. The Labute approximate surface area is 168 Å². The zero-order valence-corrected chi connectivity index (χ0v) is 16.3. The predicted molar refractivity (Wildman–Crippen MR) is 108 cm³/mol. The number of carbonyl (C=O) groups is 1. The number of likely N-dealkylation sites (tertiary alicyclic amines) is 1. The van der Waals surface area contributed by atoms with Crippen molar-refractivity contribution in [3.8, 4) is 11.1 Å². The van der Waals surface area contributed by atoms with Gasteiger partial charge in [-0.1, -0.05) is 23.7 Å². The first kappa shape index (κ1) is 18.4. The van der Waals surface area contributed by atoms with Crippen molar-refractivity contribution < 1.29 is 4.79 Å². The molecule has 0 aliphatic carbocycles. The zero-order chi connectivity index (χ0) is 19.7. The largest absolute Gasteiger partial charge is 0.368 e. The number of benzene rings is 1. The summed E-state index contributed by atoms with van der Waals surface area (Å²) in [6.07, 6.45) is 6.99. The van der Waals surface area contributed by atoms with Crippen molar-refractivity contribution in [3.63, 3.8) is 0 Å². The third-order valence-corrected chi connectivity index (χ3v) is 5.35. The molecule has 0 unspecified atom stereocenters. The molecule has 2 N–H and O–H groups in total. The van der Waals surface area contributed by atoms with Crippen LogP contribution in [0, 0.1) is 0 Å². The number of rotatable bonds is 3. The maximum atomic E-state index is 12.9. The summed E-state index contributed by atoms with van der Waals surface area (Å²) < 4.78 is 1.74. The highest BCUT2D eigenvalue weighted by Gasteiger charge is 2.29. The Kier molecular flexibility index (Phi) is 5.00. The van der Waals surface area contributed by atoms with Crippen LogP contribution in [-0.4, -0.2) is 43.4 Å². The molecule has 1 saturated heterocycles. The van der Waals surface area contributed by atoms with E-state index in [9.17, 15) is 4.79 Å². The van der Waals surface area contributed by atoms with Crippen molar-refractivity contribution >= 4 is 23.5 Å². The van der Waals surface area contributed by atoms with E-state index in [1.807, 2.05) is 36.2 Å². The van der Waals surface area contributed by atoms with Crippen molar-refractivity contribution in [2.75, 3.05) is 18.8 Å². The smallest absolute Gasteiger partial charge is 0.289 e. The van der Waals surface area contributed by atoms with Gasteiger partial charge >= 0.3 is 0 Å². The van der Waals surface area contributed by atoms with Gasteiger partial charge in [0.25, 0.3) is 5.91 Å². The lowest BCUT2D eigenvalue weighted by molar-refractivity contribution is 0.0690. The number of nitrogen functional groups attached to an aromatic ring is 1. The van der Waals surface area contributed by atoms with Gasteiger partial charge in [0, 0.05) is 55.2 Å². The van der Waals surface area contributed by atoms with Crippen LogP contribution in [0.2, 0.25) is 5.02 Å². The number of amides is 1. The highest BCUT2D eigenvalue weighted by molar-refractivity contribution is 6.30. The molecule has 4 rings (SSSR count). The molecule has 0 bridgehead atoms. The van der Waals surface area contributed by atoms with Gasteiger partial charge in [0.2, 0.25) is 5.95 Å². The minimum atomic E-state index is -0.0627. The number of imidazole rings is 1. The molecule has 1 aromatic carbocycles. The Hall–Kier alpha value is -2.93. The van der Waals surface area contributed by atoms with Crippen LogP contribution in [0.5, 0.6) is 0 Å². The Balaban J connectivity index is 1.65. The number of carbonyl (C=O) groups excluding carboxylic acids is 1. The molecule has 0 saturated carbocycles. The van der Waals surface area contributed by atoms with E-state index >= 15 is 0 Å². The van der Waals surface area contributed by atoms with Crippen molar-refractivity contribution in [1.82, 2.24) is 24.4 Å². The minimum absolute atomic E-state index is 0.0627. The molecular weight excluding hydrogens is 376 g/mol. The van der Waals surface area contributed by atoms with Crippen LogP contribution >= 0.6 is 11.6 Å². The molecule has 1 aliphatic rings. The van der Waals surface area contributed by atoms with E-state index in [0.29, 0.717) is 23.9 Å². The van der Waals surface area contributed by atoms with Crippen LogP contribution in [0.4, 0.5) is 5.95 Å². The fraction of sp³-hybridized carbons (Fsp3) is 0.300. The summed E-state index contributed by atoms with van der Waals surface area (Å²) in [7, 11) is 1.82. The van der Waals surface area contributed by atoms with Gasteiger partial charge in [-0.2, -0.15) is 0 Å². The molecule has 28 heavy (non-hydrogen) atoms. The highest BCUT2D eigenvalue weighted by Crippen LogP contribution is 2.34. The van der Waals surface area contributed by atoms with Gasteiger partial charge < -0.3 is 15.2 Å². The van der Waals surface area contributed by atoms with Crippen molar-refractivity contribution in [2.24, 2.45) is 7.05 Å². The van der Waals surface area contributed by atoms with Crippen LogP contribution in [-0.2, 0) is 7.05 Å². The first-order valence-corrected chi connectivity index (χ1v) is 9.55. The molecule has 0 spiro atoms. The molecule has 7 nitrogen and oxygen atoms in total. The number of hydrogen-bond donors (Lipinski definition) is 1. The lowest BCUT2D eigenvalue weighted by atomic mass is 9.90. The number of anilines is 1. The van der Waals surface area contributed by atoms with E-state index in [-0.39, 0.29) is 17.8 Å². The van der Waals surface area contributed by atoms with Crippen LogP contribution in [0.25, 0.3) is 11.1 Å². The van der Waals surface area contributed by atoms with E-state index in [1.54, 1.807) is 23.2 Å². The van der Waals surface area contributed by atoms with Crippen molar-refractivity contribution in [1.29, 1.82) is 0 Å². The normalized spacial score (nSPS) is 16.9. The number of hydrogen-bond acceptors (Lipinski definition) is 5. The lowest BCUT2D eigenvalue weighted by Gasteiger charge is -2.33. The molecule has 0 radical (unpaired) electrons. The standard InChI is InChI=1S/C20H21ClN6O/c1-26-10-8-23-18(26)19(28)27-9-2-3-14(12-27)17-16(11-24-20(22)25-17)13-4-6-15(21)7-5-13/h4-8,10-11,14H,2-3,9,12H2,1H3,(H2,22,24,25)/t14-/m1/s1. The fourth-order valence-corrected chi connectivity index (χ4v) is 3.80. The predicted octanol–water partition coefficient (Wildman–Crippen LogP) is 3.13. The molecule has 2 aromatic heterocycles. The third kappa shape index (κ3) is 3.57. The summed E-state index contributed by atoms with van der Waals surface area (Å²) in [6.45, 7) is 1.28. The fourth-order valence-electron chi connectivity index (χ4n) is 3.67. The summed E-state index contributed by atoms with van der Waals surface area (Å²) in [4.78, 5) is 27.6. The molecule has 3 heterocycles. The number of piperidine rings is 1. The van der Waals surface area contributed by atoms with Crippen LogP contribution in [0.15, 0.2) is 42.9 Å². The van der Waals surface area contributed by atoms with E-state index < -0.39 is 0 Å². The Bertz CT molecular complexity index is 1000. The molecule has 3 aromatic rings. The molecule has 1 amide bonds. The number of nitrogens with zero attached hydrogens (tertiary/aromatic N) is 5. The summed E-state index contributed by atoms with van der Waals surface area (Å²) in [6, 6.07) is 7.57. The Morgan fingerprint density at radius 2 is 2.04 bits per heavy atom. The second kappa shape index (κ2) is 7.59. The zero-order valence-electron chi connectivity index (χ0n) is 15.5. The van der Waals surface area contributed by atoms with E-state index in [4.69, 9.17) is 17.3 Å². The van der Waals surface area contributed by atoms with Gasteiger partial charge in [-0.3, -0.25) is 4.79 Å². The highest BCUT2D eigenvalue weighted by atomic mass is 35.5. The molecule has 1 aliphatic heterocycles. The second-order valence-electron chi connectivity index (χ2n) is 6.99. The molecule has 1 atom stereocenters. The first-order valence-electron chi connectivity index (χ1n) is 9.18. The average molecular weight is 397 g/mol. The molecule has 8 heteroatoms. The molecule has 1 fully saturated rings. The maximum absolute atomic E-state index is 12.9. The molecular formula is C20H21ClN6O. The van der Waals surface area contributed by atoms with Gasteiger partial charge in [0.05, 0.1) is 5.69 Å². The first-order chi connectivity index (χ1) is 13.5.